The maximum atomic E-state index is 12.4. The minimum Gasteiger partial charge on any atom is -0.444 e. The summed E-state index contributed by atoms with van der Waals surface area (Å²) < 4.78 is 10.9. The zero-order valence-electron chi connectivity index (χ0n) is 15.0. The molecule has 1 amide bonds. The van der Waals surface area contributed by atoms with Crippen LogP contribution < -0.4 is 0 Å². The molecule has 0 aromatic heterocycles. The fraction of sp³-hybridized carbons (Fsp3) is 0.938. The number of aliphatic hydroxyl groups excluding tert-OH is 1. The Bertz CT molecular complexity index is 367. The number of hydrogen-bond acceptors (Lipinski definition) is 5. The second-order valence-corrected chi connectivity index (χ2v) is 7.91. The number of carbonyl (C=O) groups excluding carboxylic acids is 1. The predicted octanol–water partition coefficient (Wildman–Crippen LogP) is 2.27. The van der Waals surface area contributed by atoms with E-state index in [2.05, 4.69) is 11.8 Å². The Kier molecular flexibility index (Phi) is 6.24. The van der Waals surface area contributed by atoms with Gasteiger partial charge in [0.1, 0.15) is 5.60 Å². The van der Waals surface area contributed by atoms with Crippen LogP contribution in [0.2, 0.25) is 0 Å². The first kappa shape index (κ1) is 19.2. The van der Waals surface area contributed by atoms with E-state index in [4.69, 9.17) is 9.47 Å². The van der Waals surface area contributed by atoms with Crippen LogP contribution in [0.1, 0.15) is 48.5 Å². The SMILES string of the molecule is CCN1CC(CN(C(=O)OC(C)(C)C)C(O)OC(C)(C)C)C1. The van der Waals surface area contributed by atoms with Gasteiger partial charge < -0.3 is 19.5 Å². The molecule has 1 aliphatic heterocycles. The van der Waals surface area contributed by atoms with Crippen molar-refractivity contribution in [2.45, 2.75) is 66.1 Å². The summed E-state index contributed by atoms with van der Waals surface area (Å²) in [4.78, 5) is 15.9. The van der Waals surface area contributed by atoms with Crippen molar-refractivity contribution in [3.05, 3.63) is 0 Å². The molecule has 0 aromatic carbocycles. The topological polar surface area (TPSA) is 62.2 Å². The highest BCUT2D eigenvalue weighted by Gasteiger charge is 2.35. The summed E-state index contributed by atoms with van der Waals surface area (Å²) in [7, 11) is 0. The van der Waals surface area contributed by atoms with E-state index in [1.54, 1.807) is 0 Å². The molecule has 1 unspecified atom stereocenters. The van der Waals surface area contributed by atoms with E-state index in [9.17, 15) is 9.90 Å². The number of likely N-dealkylation sites (tertiary alicyclic amines) is 1. The summed E-state index contributed by atoms with van der Waals surface area (Å²) >= 11 is 0. The molecule has 0 radical (unpaired) electrons. The van der Waals surface area contributed by atoms with Crippen LogP contribution >= 0.6 is 0 Å². The van der Waals surface area contributed by atoms with Gasteiger partial charge in [-0.15, -0.1) is 0 Å². The summed E-state index contributed by atoms with van der Waals surface area (Å²) in [6.45, 7) is 16.3. The second-order valence-electron chi connectivity index (χ2n) is 7.91. The highest BCUT2D eigenvalue weighted by Crippen LogP contribution is 2.21. The molecule has 0 saturated carbocycles. The van der Waals surface area contributed by atoms with E-state index in [1.165, 1.54) is 4.90 Å². The fourth-order valence-corrected chi connectivity index (χ4v) is 2.28. The first-order valence-electron chi connectivity index (χ1n) is 7.99. The standard InChI is InChI=1S/C16H32N2O4/c1-8-17-9-12(10-17)11-18(13(19)21-15(2,3)4)14(20)22-16(5,6)7/h12-13,19H,8-11H2,1-7H3. The number of ether oxygens (including phenoxy) is 2. The second kappa shape index (κ2) is 7.15. The number of carbonyl (C=O) groups is 1. The van der Waals surface area contributed by atoms with Crippen molar-refractivity contribution in [1.29, 1.82) is 0 Å². The molecule has 0 bridgehead atoms. The molecule has 1 aliphatic rings. The lowest BCUT2D eigenvalue weighted by Crippen LogP contribution is -2.55. The lowest BCUT2D eigenvalue weighted by atomic mass is 10.00. The Morgan fingerprint density at radius 2 is 1.77 bits per heavy atom. The molecule has 130 valence electrons. The molecular weight excluding hydrogens is 284 g/mol. The highest BCUT2D eigenvalue weighted by atomic mass is 16.7. The number of hydrogen-bond donors (Lipinski definition) is 1. The zero-order chi connectivity index (χ0) is 17.1. The van der Waals surface area contributed by atoms with Gasteiger partial charge in [0.25, 0.3) is 0 Å². The number of amides is 1. The van der Waals surface area contributed by atoms with Gasteiger partial charge in [-0.1, -0.05) is 6.92 Å². The van der Waals surface area contributed by atoms with Crippen molar-refractivity contribution in [3.8, 4) is 0 Å². The first-order valence-corrected chi connectivity index (χ1v) is 7.99. The molecular formula is C16H32N2O4. The van der Waals surface area contributed by atoms with Crippen molar-refractivity contribution >= 4 is 6.09 Å². The maximum Gasteiger partial charge on any atom is 0.414 e. The van der Waals surface area contributed by atoms with E-state index in [0.717, 1.165) is 19.6 Å². The Hall–Kier alpha value is -0.850. The van der Waals surface area contributed by atoms with Crippen molar-refractivity contribution < 1.29 is 19.4 Å². The van der Waals surface area contributed by atoms with Crippen LogP contribution in [0.5, 0.6) is 0 Å². The average molecular weight is 316 g/mol. The molecule has 1 atom stereocenters. The molecule has 1 fully saturated rings. The average Bonchev–Trinajstić information content (AvgIpc) is 2.21. The number of rotatable bonds is 5. The van der Waals surface area contributed by atoms with Gasteiger partial charge in [0.2, 0.25) is 6.41 Å². The Morgan fingerprint density at radius 3 is 2.18 bits per heavy atom. The van der Waals surface area contributed by atoms with Crippen molar-refractivity contribution in [1.82, 2.24) is 9.80 Å². The third-order valence-corrected chi connectivity index (χ3v) is 3.29. The molecule has 1 rings (SSSR count). The third kappa shape index (κ3) is 6.50. The van der Waals surface area contributed by atoms with Crippen LogP contribution in [0.3, 0.4) is 0 Å². The predicted molar refractivity (Wildman–Crippen MR) is 85.4 cm³/mol. The van der Waals surface area contributed by atoms with E-state index in [-0.39, 0.29) is 0 Å². The fourth-order valence-electron chi connectivity index (χ4n) is 2.28. The lowest BCUT2D eigenvalue weighted by Gasteiger charge is -2.42. The van der Waals surface area contributed by atoms with Gasteiger partial charge in [-0.05, 0) is 48.1 Å². The van der Waals surface area contributed by atoms with Crippen LogP contribution in [-0.4, -0.2) is 64.8 Å². The Balaban J connectivity index is 2.70. The summed E-state index contributed by atoms with van der Waals surface area (Å²) in [6.07, 6.45) is -1.84. The van der Waals surface area contributed by atoms with Crippen molar-refractivity contribution in [3.63, 3.8) is 0 Å². The Labute approximate surface area is 134 Å². The number of aliphatic hydroxyl groups is 1. The maximum absolute atomic E-state index is 12.4. The molecule has 6 heteroatoms. The molecule has 0 spiro atoms. The van der Waals surface area contributed by atoms with Crippen LogP contribution in [0.4, 0.5) is 4.79 Å². The van der Waals surface area contributed by atoms with E-state index in [1.807, 2.05) is 41.5 Å². The molecule has 0 aromatic rings. The largest absolute Gasteiger partial charge is 0.444 e. The highest BCUT2D eigenvalue weighted by molar-refractivity contribution is 5.68. The Morgan fingerprint density at radius 1 is 1.23 bits per heavy atom. The van der Waals surface area contributed by atoms with Crippen molar-refractivity contribution in [2.24, 2.45) is 5.92 Å². The van der Waals surface area contributed by atoms with Gasteiger partial charge in [0.15, 0.2) is 0 Å². The van der Waals surface area contributed by atoms with Gasteiger partial charge in [0, 0.05) is 25.6 Å². The van der Waals surface area contributed by atoms with Gasteiger partial charge in [0.05, 0.1) is 5.60 Å². The zero-order valence-corrected chi connectivity index (χ0v) is 15.0. The quantitative estimate of drug-likeness (QED) is 0.788. The van der Waals surface area contributed by atoms with E-state index in [0.29, 0.717) is 12.5 Å². The summed E-state index contributed by atoms with van der Waals surface area (Å²) in [5.41, 5.74) is -1.15. The van der Waals surface area contributed by atoms with Crippen LogP contribution in [0.15, 0.2) is 0 Å². The monoisotopic (exact) mass is 316 g/mol. The minimum atomic E-state index is -1.30. The van der Waals surface area contributed by atoms with Crippen LogP contribution in [-0.2, 0) is 9.47 Å². The normalized spacial score (nSPS) is 18.7. The minimum absolute atomic E-state index is 0.339. The van der Waals surface area contributed by atoms with Crippen LogP contribution in [0, 0.1) is 5.92 Å². The molecule has 6 nitrogen and oxygen atoms in total. The molecule has 1 N–H and O–H groups in total. The third-order valence-electron chi connectivity index (χ3n) is 3.29. The number of nitrogens with zero attached hydrogens (tertiary/aromatic N) is 2. The summed E-state index contributed by atoms with van der Waals surface area (Å²) in [6, 6.07) is 0. The first-order chi connectivity index (χ1) is 9.91. The smallest absolute Gasteiger partial charge is 0.414 e. The molecule has 22 heavy (non-hydrogen) atoms. The molecule has 1 saturated heterocycles. The lowest BCUT2D eigenvalue weighted by molar-refractivity contribution is -0.234. The van der Waals surface area contributed by atoms with Crippen molar-refractivity contribution in [2.75, 3.05) is 26.2 Å². The molecule has 1 heterocycles. The van der Waals surface area contributed by atoms with Gasteiger partial charge >= 0.3 is 6.09 Å². The van der Waals surface area contributed by atoms with E-state index >= 15 is 0 Å². The van der Waals surface area contributed by atoms with E-state index < -0.39 is 23.7 Å². The van der Waals surface area contributed by atoms with Crippen LogP contribution in [0.25, 0.3) is 0 Å². The summed E-state index contributed by atoms with van der Waals surface area (Å²) in [5.74, 6) is 0.339. The van der Waals surface area contributed by atoms with Gasteiger partial charge in [-0.25, -0.2) is 4.79 Å². The van der Waals surface area contributed by atoms with Gasteiger partial charge in [-0.2, -0.15) is 0 Å². The van der Waals surface area contributed by atoms with Gasteiger partial charge in [-0.3, -0.25) is 4.90 Å². The summed E-state index contributed by atoms with van der Waals surface area (Å²) in [5, 5.41) is 10.3. The molecule has 0 aliphatic carbocycles.